The van der Waals surface area contributed by atoms with Gasteiger partial charge in [0.15, 0.2) is 0 Å². The molecule has 0 spiro atoms. The van der Waals surface area contributed by atoms with Gasteiger partial charge in [-0.2, -0.15) is 0 Å². The first kappa shape index (κ1) is 18.7. The molecule has 0 unspecified atom stereocenters. The number of aromatic nitrogens is 1. The summed E-state index contributed by atoms with van der Waals surface area (Å²) < 4.78 is 2.01. The molecule has 7 heteroatoms. The molecule has 1 saturated heterocycles. The lowest BCUT2D eigenvalue weighted by atomic mass is 10.1. The number of carbonyl (C=O) groups excluding carboxylic acids is 3. The molecule has 1 aliphatic rings. The van der Waals surface area contributed by atoms with E-state index in [1.807, 2.05) is 72.4 Å². The lowest BCUT2D eigenvalue weighted by Gasteiger charge is -2.13. The molecular weight excluding hydrogens is 368 g/mol. The molecule has 1 aliphatic heterocycles. The van der Waals surface area contributed by atoms with Crippen LogP contribution in [0, 0.1) is 0 Å². The number of aryl methyl sites for hydroxylation is 1. The number of nitrogens with one attached hydrogen (secondary N) is 2. The van der Waals surface area contributed by atoms with Gasteiger partial charge in [0.25, 0.3) is 5.91 Å². The summed E-state index contributed by atoms with van der Waals surface area (Å²) in [6, 6.07) is 16.0. The zero-order valence-corrected chi connectivity index (χ0v) is 16.1. The Morgan fingerprint density at radius 3 is 2.69 bits per heavy atom. The molecule has 0 aliphatic carbocycles. The summed E-state index contributed by atoms with van der Waals surface area (Å²) in [4.78, 5) is 38.2. The number of anilines is 1. The van der Waals surface area contributed by atoms with Crippen molar-refractivity contribution in [3.63, 3.8) is 0 Å². The van der Waals surface area contributed by atoms with Crippen molar-refractivity contribution in [2.45, 2.75) is 25.4 Å². The van der Waals surface area contributed by atoms with Crippen molar-refractivity contribution in [2.24, 2.45) is 7.05 Å². The molecular formula is C22H22N4O3. The smallest absolute Gasteiger partial charge is 0.325 e. The predicted octanol–water partition coefficient (Wildman–Crippen LogP) is 3.02. The van der Waals surface area contributed by atoms with Gasteiger partial charge in [0.2, 0.25) is 5.91 Å². The van der Waals surface area contributed by atoms with Crippen molar-refractivity contribution < 1.29 is 14.4 Å². The lowest BCUT2D eigenvalue weighted by molar-refractivity contribution is -0.128. The van der Waals surface area contributed by atoms with Crippen molar-refractivity contribution in [3.05, 3.63) is 66.4 Å². The van der Waals surface area contributed by atoms with Crippen LogP contribution in [0.3, 0.4) is 0 Å². The van der Waals surface area contributed by atoms with E-state index in [4.69, 9.17) is 0 Å². The molecule has 0 bridgehead atoms. The van der Waals surface area contributed by atoms with Gasteiger partial charge in [-0.1, -0.05) is 30.3 Å². The van der Waals surface area contributed by atoms with Gasteiger partial charge in [0.1, 0.15) is 6.04 Å². The van der Waals surface area contributed by atoms with E-state index in [0.717, 1.165) is 16.5 Å². The van der Waals surface area contributed by atoms with E-state index < -0.39 is 12.1 Å². The lowest BCUT2D eigenvalue weighted by Crippen LogP contribution is -2.31. The Morgan fingerprint density at radius 1 is 1.10 bits per heavy atom. The van der Waals surface area contributed by atoms with E-state index in [1.54, 1.807) is 0 Å². The Labute approximate surface area is 168 Å². The summed E-state index contributed by atoms with van der Waals surface area (Å²) in [5, 5.41) is 6.58. The number of hydrogen-bond acceptors (Lipinski definition) is 3. The van der Waals surface area contributed by atoms with Gasteiger partial charge < -0.3 is 15.2 Å². The van der Waals surface area contributed by atoms with Crippen LogP contribution in [0.4, 0.5) is 10.5 Å². The highest BCUT2D eigenvalue weighted by molar-refractivity contribution is 6.04. The average Bonchev–Trinajstić information content (AvgIpc) is 3.21. The Bertz CT molecular complexity index is 1070. The quantitative estimate of drug-likeness (QED) is 0.635. The minimum absolute atomic E-state index is 0.142. The van der Waals surface area contributed by atoms with Crippen molar-refractivity contribution in [1.82, 2.24) is 14.8 Å². The molecule has 4 rings (SSSR count). The minimum atomic E-state index is -0.673. The van der Waals surface area contributed by atoms with Crippen LogP contribution in [0.2, 0.25) is 0 Å². The Morgan fingerprint density at radius 2 is 1.90 bits per heavy atom. The summed E-state index contributed by atoms with van der Waals surface area (Å²) in [5.41, 5.74) is 2.67. The van der Waals surface area contributed by atoms with Crippen molar-refractivity contribution >= 4 is 34.4 Å². The monoisotopic (exact) mass is 390 g/mol. The second kappa shape index (κ2) is 7.79. The highest BCUT2D eigenvalue weighted by Crippen LogP contribution is 2.20. The number of imide groups is 1. The largest absolute Gasteiger partial charge is 0.351 e. The highest BCUT2D eigenvalue weighted by Gasteiger charge is 2.37. The van der Waals surface area contributed by atoms with Crippen LogP contribution in [0.25, 0.3) is 10.9 Å². The van der Waals surface area contributed by atoms with Gasteiger partial charge in [-0.15, -0.1) is 0 Å². The number of urea groups is 1. The maximum atomic E-state index is 12.5. The number of rotatable bonds is 6. The van der Waals surface area contributed by atoms with E-state index >= 15 is 0 Å². The molecule has 2 N–H and O–H groups in total. The Hall–Kier alpha value is -3.61. The fourth-order valence-corrected chi connectivity index (χ4v) is 3.55. The number of fused-ring (bicyclic) bond motifs is 1. The summed E-state index contributed by atoms with van der Waals surface area (Å²) in [6.07, 6.45) is 2.36. The molecule has 148 valence electrons. The first-order valence-electron chi connectivity index (χ1n) is 9.52. The van der Waals surface area contributed by atoms with E-state index in [2.05, 4.69) is 10.6 Å². The summed E-state index contributed by atoms with van der Waals surface area (Å²) in [5.74, 6) is -0.485. The number of nitrogens with zero attached hydrogens (tertiary/aromatic N) is 2. The molecule has 1 aromatic heterocycles. The fraction of sp³-hybridized carbons (Fsp3) is 0.227. The summed E-state index contributed by atoms with van der Waals surface area (Å²) in [6.45, 7) is 0.227. The van der Waals surface area contributed by atoms with Crippen LogP contribution in [-0.2, 0) is 23.2 Å². The molecule has 4 amide bonds. The maximum absolute atomic E-state index is 12.5. The standard InChI is InChI=1S/C22H22N4O3/c1-25-12-11-16-13-17(7-9-19(16)25)23-20(27)10-8-18-21(28)26(22(29)24-18)14-15-5-3-2-4-6-15/h2-7,9,11-13,18H,8,10,14H2,1H3,(H,23,27)(H,24,29)/t18-/m0/s1. The number of amides is 4. The topological polar surface area (TPSA) is 83.4 Å². The van der Waals surface area contributed by atoms with Crippen molar-refractivity contribution in [1.29, 1.82) is 0 Å². The zero-order valence-electron chi connectivity index (χ0n) is 16.1. The second-order valence-electron chi connectivity index (χ2n) is 7.20. The van der Waals surface area contributed by atoms with E-state index in [0.29, 0.717) is 5.69 Å². The average molecular weight is 390 g/mol. The Balaban J connectivity index is 1.32. The van der Waals surface area contributed by atoms with E-state index in [-0.39, 0.29) is 31.2 Å². The third-order valence-electron chi connectivity index (χ3n) is 5.12. The van der Waals surface area contributed by atoms with Crippen LogP contribution >= 0.6 is 0 Å². The van der Waals surface area contributed by atoms with Gasteiger partial charge in [-0.05, 0) is 36.2 Å². The zero-order chi connectivity index (χ0) is 20.4. The first-order valence-corrected chi connectivity index (χ1v) is 9.52. The van der Waals surface area contributed by atoms with Gasteiger partial charge in [-0.3, -0.25) is 14.5 Å². The first-order chi connectivity index (χ1) is 14.0. The van der Waals surface area contributed by atoms with Crippen LogP contribution in [0.15, 0.2) is 60.8 Å². The number of carbonyl (C=O) groups is 3. The Kier molecular flexibility index (Phi) is 5.03. The molecule has 29 heavy (non-hydrogen) atoms. The van der Waals surface area contributed by atoms with Gasteiger partial charge in [0.05, 0.1) is 6.54 Å². The van der Waals surface area contributed by atoms with Crippen molar-refractivity contribution in [3.8, 4) is 0 Å². The molecule has 1 atom stereocenters. The van der Waals surface area contributed by atoms with Crippen LogP contribution in [-0.4, -0.2) is 33.4 Å². The third-order valence-corrected chi connectivity index (χ3v) is 5.12. The molecule has 3 aromatic rings. The van der Waals surface area contributed by atoms with E-state index in [1.165, 1.54) is 4.90 Å². The van der Waals surface area contributed by atoms with Gasteiger partial charge in [0, 0.05) is 36.3 Å². The molecule has 1 fully saturated rings. The molecule has 0 saturated carbocycles. The van der Waals surface area contributed by atoms with Gasteiger partial charge in [-0.25, -0.2) is 4.79 Å². The SMILES string of the molecule is Cn1ccc2cc(NC(=O)CC[C@@H]3NC(=O)N(Cc4ccccc4)C3=O)ccc21. The van der Waals surface area contributed by atoms with E-state index in [9.17, 15) is 14.4 Å². The number of benzene rings is 2. The summed E-state index contributed by atoms with van der Waals surface area (Å²) in [7, 11) is 1.97. The van der Waals surface area contributed by atoms with Crippen LogP contribution in [0.5, 0.6) is 0 Å². The van der Waals surface area contributed by atoms with Crippen LogP contribution in [0.1, 0.15) is 18.4 Å². The van der Waals surface area contributed by atoms with Crippen LogP contribution < -0.4 is 10.6 Å². The number of hydrogen-bond donors (Lipinski definition) is 2. The normalized spacial score (nSPS) is 16.3. The highest BCUT2D eigenvalue weighted by atomic mass is 16.2. The summed E-state index contributed by atoms with van der Waals surface area (Å²) >= 11 is 0. The third kappa shape index (κ3) is 3.99. The molecule has 2 heterocycles. The predicted molar refractivity (Wildman–Crippen MR) is 110 cm³/mol. The maximum Gasteiger partial charge on any atom is 0.325 e. The molecule has 7 nitrogen and oxygen atoms in total. The van der Waals surface area contributed by atoms with Gasteiger partial charge >= 0.3 is 6.03 Å². The molecule has 0 radical (unpaired) electrons. The van der Waals surface area contributed by atoms with Crippen molar-refractivity contribution in [2.75, 3.05) is 5.32 Å². The molecule has 2 aromatic carbocycles. The minimum Gasteiger partial charge on any atom is -0.351 e. The second-order valence-corrected chi connectivity index (χ2v) is 7.20. The fourth-order valence-electron chi connectivity index (χ4n) is 3.55.